The van der Waals surface area contributed by atoms with E-state index in [1.165, 1.54) is 0 Å². The molecule has 0 aromatic heterocycles. The lowest BCUT2D eigenvalue weighted by molar-refractivity contribution is 0.314. The van der Waals surface area contributed by atoms with Crippen LogP contribution in [0.2, 0.25) is 0 Å². The predicted octanol–water partition coefficient (Wildman–Crippen LogP) is 4.50. The van der Waals surface area contributed by atoms with E-state index in [1.54, 1.807) is 25.3 Å². The summed E-state index contributed by atoms with van der Waals surface area (Å²) in [5, 5.41) is 1.76. The minimum Gasteiger partial charge on any atom is -0.497 e. The van der Waals surface area contributed by atoms with E-state index in [0.717, 1.165) is 27.8 Å². The highest BCUT2D eigenvalue weighted by molar-refractivity contribution is 7.89. The van der Waals surface area contributed by atoms with E-state index in [1.807, 2.05) is 42.5 Å². The van der Waals surface area contributed by atoms with Crippen LogP contribution in [0.15, 0.2) is 65.6 Å². The number of fused-ring (bicyclic) bond motifs is 1. The van der Waals surface area contributed by atoms with Crippen LogP contribution in [0.5, 0.6) is 11.5 Å². The number of rotatable bonds is 7. The van der Waals surface area contributed by atoms with Crippen LogP contribution in [0.3, 0.4) is 0 Å². The van der Waals surface area contributed by atoms with Gasteiger partial charge < -0.3 is 9.47 Å². The van der Waals surface area contributed by atoms with E-state index in [9.17, 15) is 8.42 Å². The zero-order valence-corrected chi connectivity index (χ0v) is 18.0. The van der Waals surface area contributed by atoms with E-state index in [-0.39, 0.29) is 23.5 Å². The molecule has 3 aromatic rings. The minimum absolute atomic E-state index is 0.0517. The van der Waals surface area contributed by atoms with E-state index in [0.29, 0.717) is 0 Å². The number of ether oxygens (including phenoxy) is 2. The molecular weight excluding hydrogens is 386 g/mol. The second-order valence-corrected chi connectivity index (χ2v) is 9.63. The van der Waals surface area contributed by atoms with Gasteiger partial charge in [-0.2, -0.15) is 0 Å². The van der Waals surface area contributed by atoms with Crippen LogP contribution in [-0.4, -0.2) is 28.7 Å². The molecule has 0 aliphatic heterocycles. The Balaban J connectivity index is 1.66. The zero-order chi connectivity index (χ0) is 21.1. The number of methoxy groups -OCH3 is 1. The van der Waals surface area contributed by atoms with Crippen molar-refractivity contribution in [1.82, 2.24) is 4.72 Å². The highest BCUT2D eigenvalue weighted by atomic mass is 32.2. The highest BCUT2D eigenvalue weighted by Crippen LogP contribution is 2.30. The van der Waals surface area contributed by atoms with E-state index < -0.39 is 10.0 Å². The van der Waals surface area contributed by atoms with Gasteiger partial charge in [-0.15, -0.1) is 0 Å². The lowest BCUT2D eigenvalue weighted by Gasteiger charge is -2.22. The third-order valence-electron chi connectivity index (χ3n) is 4.68. The molecular formula is C23H27NO4S. The first-order valence-electron chi connectivity index (χ1n) is 9.50. The summed E-state index contributed by atoms with van der Waals surface area (Å²) in [5.74, 6) is 1.51. The predicted molar refractivity (Wildman–Crippen MR) is 116 cm³/mol. The molecule has 0 atom stereocenters. The fourth-order valence-corrected chi connectivity index (χ4v) is 4.18. The van der Waals surface area contributed by atoms with Crippen molar-refractivity contribution in [1.29, 1.82) is 0 Å². The largest absolute Gasteiger partial charge is 0.497 e. The Labute approximate surface area is 172 Å². The second-order valence-electron chi connectivity index (χ2n) is 7.87. The number of hydrogen-bond acceptors (Lipinski definition) is 4. The molecule has 154 valence electrons. The van der Waals surface area contributed by atoms with Crippen LogP contribution < -0.4 is 14.2 Å². The molecule has 0 amide bonds. The van der Waals surface area contributed by atoms with Crippen molar-refractivity contribution in [2.75, 3.05) is 20.3 Å². The van der Waals surface area contributed by atoms with Crippen molar-refractivity contribution in [3.05, 3.63) is 66.2 Å². The van der Waals surface area contributed by atoms with Gasteiger partial charge >= 0.3 is 0 Å². The van der Waals surface area contributed by atoms with Crippen molar-refractivity contribution >= 4 is 20.8 Å². The number of hydrogen-bond donors (Lipinski definition) is 1. The Hall–Kier alpha value is -2.57. The van der Waals surface area contributed by atoms with Gasteiger partial charge in [0, 0.05) is 6.54 Å². The van der Waals surface area contributed by atoms with Gasteiger partial charge in [0.25, 0.3) is 0 Å². The first-order chi connectivity index (χ1) is 13.7. The van der Waals surface area contributed by atoms with Crippen molar-refractivity contribution < 1.29 is 17.9 Å². The fourth-order valence-electron chi connectivity index (χ4n) is 3.13. The zero-order valence-electron chi connectivity index (χ0n) is 17.2. The molecule has 0 spiro atoms. The average molecular weight is 414 g/mol. The van der Waals surface area contributed by atoms with Crippen molar-refractivity contribution in [3.63, 3.8) is 0 Å². The summed E-state index contributed by atoms with van der Waals surface area (Å²) in [4.78, 5) is 0.227. The van der Waals surface area contributed by atoms with Crippen molar-refractivity contribution in [2.24, 2.45) is 0 Å². The molecule has 0 aliphatic rings. The summed E-state index contributed by atoms with van der Waals surface area (Å²) in [6.07, 6.45) is 0. The van der Waals surface area contributed by atoms with Crippen LogP contribution in [0.25, 0.3) is 10.8 Å². The van der Waals surface area contributed by atoms with Gasteiger partial charge in [0.1, 0.15) is 18.1 Å². The molecule has 0 aliphatic carbocycles. The summed E-state index contributed by atoms with van der Waals surface area (Å²) in [6.45, 7) is 6.78. The van der Waals surface area contributed by atoms with Crippen LogP contribution >= 0.6 is 0 Å². The van der Waals surface area contributed by atoms with Crippen LogP contribution in [0.1, 0.15) is 26.3 Å². The molecule has 0 unspecified atom stereocenters. The monoisotopic (exact) mass is 413 g/mol. The van der Waals surface area contributed by atoms with E-state index >= 15 is 0 Å². The lowest BCUT2D eigenvalue weighted by Crippen LogP contribution is -2.28. The Morgan fingerprint density at radius 3 is 2.34 bits per heavy atom. The Bertz CT molecular complexity index is 1100. The molecule has 6 heteroatoms. The number of sulfonamides is 1. The first-order valence-corrected chi connectivity index (χ1v) is 11.0. The molecule has 3 rings (SSSR count). The van der Waals surface area contributed by atoms with Gasteiger partial charge in [0.15, 0.2) is 0 Å². The van der Waals surface area contributed by atoms with E-state index in [4.69, 9.17) is 9.47 Å². The third-order valence-corrected chi connectivity index (χ3v) is 6.13. The maximum absolute atomic E-state index is 12.6. The lowest BCUT2D eigenvalue weighted by atomic mass is 9.86. The smallest absolute Gasteiger partial charge is 0.240 e. The van der Waals surface area contributed by atoms with Crippen molar-refractivity contribution in [3.8, 4) is 11.5 Å². The van der Waals surface area contributed by atoms with E-state index in [2.05, 4.69) is 25.5 Å². The average Bonchev–Trinajstić information content (AvgIpc) is 2.70. The second kappa shape index (κ2) is 8.43. The molecule has 0 saturated heterocycles. The van der Waals surface area contributed by atoms with Gasteiger partial charge in [-0.1, -0.05) is 51.1 Å². The topological polar surface area (TPSA) is 64.6 Å². The van der Waals surface area contributed by atoms with Crippen LogP contribution in [0, 0.1) is 0 Å². The fraction of sp³-hybridized carbons (Fsp3) is 0.304. The van der Waals surface area contributed by atoms with Gasteiger partial charge in [-0.3, -0.25) is 0 Å². The summed E-state index contributed by atoms with van der Waals surface area (Å²) >= 11 is 0. The molecule has 0 fully saturated rings. The SMILES string of the molecule is COc1ccc2cc(S(=O)(=O)NCCOc3ccccc3C(C)(C)C)ccc2c1. The Kier molecular flexibility index (Phi) is 6.15. The minimum atomic E-state index is -3.62. The molecule has 3 aromatic carbocycles. The van der Waals surface area contributed by atoms with Gasteiger partial charge in [-0.25, -0.2) is 13.1 Å². The molecule has 5 nitrogen and oxygen atoms in total. The Morgan fingerprint density at radius 1 is 0.931 bits per heavy atom. The maximum atomic E-state index is 12.6. The summed E-state index contributed by atoms with van der Waals surface area (Å²) < 4.78 is 39.0. The summed E-state index contributed by atoms with van der Waals surface area (Å²) in [6, 6.07) is 18.4. The van der Waals surface area contributed by atoms with Crippen molar-refractivity contribution in [2.45, 2.75) is 31.1 Å². The quantitative estimate of drug-likeness (QED) is 0.579. The van der Waals surface area contributed by atoms with Crippen LogP contribution in [0.4, 0.5) is 0 Å². The Morgan fingerprint density at radius 2 is 1.62 bits per heavy atom. The normalized spacial score (nSPS) is 12.1. The molecule has 1 N–H and O–H groups in total. The van der Waals surface area contributed by atoms with Gasteiger partial charge in [0.2, 0.25) is 10.0 Å². The number of para-hydroxylation sites is 1. The maximum Gasteiger partial charge on any atom is 0.240 e. The molecule has 0 radical (unpaired) electrons. The molecule has 0 heterocycles. The number of benzene rings is 3. The highest BCUT2D eigenvalue weighted by Gasteiger charge is 2.19. The first kappa shape index (κ1) is 21.1. The molecule has 0 saturated carbocycles. The van der Waals surface area contributed by atoms with Gasteiger partial charge in [0.05, 0.1) is 12.0 Å². The summed E-state index contributed by atoms with van der Waals surface area (Å²) in [7, 11) is -2.02. The summed E-state index contributed by atoms with van der Waals surface area (Å²) in [5.41, 5.74) is 1.04. The number of nitrogens with one attached hydrogen (secondary N) is 1. The third kappa shape index (κ3) is 5.08. The standard InChI is InChI=1S/C23H27NO4S/c1-23(2,3)21-7-5-6-8-22(21)28-14-13-24-29(25,26)20-12-10-17-15-19(27-4)11-9-18(17)16-20/h5-12,15-16,24H,13-14H2,1-4H3. The van der Waals surface area contributed by atoms with Gasteiger partial charge in [-0.05, 0) is 52.1 Å². The van der Waals surface area contributed by atoms with Crippen LogP contribution in [-0.2, 0) is 15.4 Å². The molecule has 29 heavy (non-hydrogen) atoms. The molecule has 0 bridgehead atoms.